The van der Waals surface area contributed by atoms with Gasteiger partial charge in [0.1, 0.15) is 11.9 Å². The van der Waals surface area contributed by atoms with E-state index in [0.717, 1.165) is 6.29 Å². The standard InChI is InChI=1S/C16H23NO5/c1-16(2,3)22-15(19)17-12(9-10-18)11-7-6-8-13(20-4)14(11)21-5/h6-8,10,12H,9H2,1-5H3,(H,17,19)/t12-/m1/s1. The summed E-state index contributed by atoms with van der Waals surface area (Å²) in [6.45, 7) is 5.31. The largest absolute Gasteiger partial charge is 0.493 e. The summed E-state index contributed by atoms with van der Waals surface area (Å²) >= 11 is 0. The molecule has 0 aliphatic carbocycles. The van der Waals surface area contributed by atoms with Crippen LogP contribution in [0.25, 0.3) is 0 Å². The van der Waals surface area contributed by atoms with Crippen LogP contribution in [0.4, 0.5) is 4.79 Å². The van der Waals surface area contributed by atoms with Crippen LogP contribution in [0.15, 0.2) is 18.2 Å². The summed E-state index contributed by atoms with van der Waals surface area (Å²) in [7, 11) is 3.03. The highest BCUT2D eigenvalue weighted by Gasteiger charge is 2.23. The maximum Gasteiger partial charge on any atom is 0.408 e. The van der Waals surface area contributed by atoms with E-state index in [1.165, 1.54) is 14.2 Å². The molecule has 1 atom stereocenters. The van der Waals surface area contributed by atoms with Gasteiger partial charge in [0, 0.05) is 12.0 Å². The van der Waals surface area contributed by atoms with Crippen LogP contribution in [0.1, 0.15) is 38.8 Å². The Bertz CT molecular complexity index is 522. The molecule has 0 radical (unpaired) electrons. The van der Waals surface area contributed by atoms with Gasteiger partial charge in [-0.05, 0) is 26.8 Å². The van der Waals surface area contributed by atoms with Gasteiger partial charge in [0.25, 0.3) is 0 Å². The van der Waals surface area contributed by atoms with Crippen LogP contribution in [0.3, 0.4) is 0 Å². The van der Waals surface area contributed by atoms with Crippen molar-refractivity contribution in [3.05, 3.63) is 23.8 Å². The first kappa shape index (κ1) is 17.8. The van der Waals surface area contributed by atoms with Gasteiger partial charge in [-0.15, -0.1) is 0 Å². The zero-order valence-electron chi connectivity index (χ0n) is 13.6. The van der Waals surface area contributed by atoms with Gasteiger partial charge in [-0.1, -0.05) is 12.1 Å². The van der Waals surface area contributed by atoms with Gasteiger partial charge >= 0.3 is 6.09 Å². The van der Waals surface area contributed by atoms with Crippen molar-refractivity contribution in [2.45, 2.75) is 38.8 Å². The summed E-state index contributed by atoms with van der Waals surface area (Å²) in [4.78, 5) is 22.9. The lowest BCUT2D eigenvalue weighted by Crippen LogP contribution is -2.35. The molecule has 122 valence electrons. The van der Waals surface area contributed by atoms with Gasteiger partial charge in [-0.25, -0.2) is 4.79 Å². The molecule has 0 bridgehead atoms. The van der Waals surface area contributed by atoms with Crippen molar-refractivity contribution in [2.24, 2.45) is 0 Å². The van der Waals surface area contributed by atoms with E-state index in [0.29, 0.717) is 17.1 Å². The number of alkyl carbamates (subject to hydrolysis) is 1. The Labute approximate surface area is 130 Å². The molecule has 6 heteroatoms. The van der Waals surface area contributed by atoms with Crippen molar-refractivity contribution in [3.8, 4) is 11.5 Å². The minimum atomic E-state index is -0.617. The van der Waals surface area contributed by atoms with Gasteiger partial charge < -0.3 is 24.3 Å². The van der Waals surface area contributed by atoms with E-state index in [9.17, 15) is 9.59 Å². The predicted octanol–water partition coefficient (Wildman–Crippen LogP) is 2.86. The Morgan fingerprint density at radius 2 is 1.95 bits per heavy atom. The van der Waals surface area contributed by atoms with Crippen LogP contribution in [0.2, 0.25) is 0 Å². The lowest BCUT2D eigenvalue weighted by Gasteiger charge is -2.24. The van der Waals surface area contributed by atoms with Gasteiger partial charge in [-0.3, -0.25) is 0 Å². The van der Waals surface area contributed by atoms with E-state index < -0.39 is 17.7 Å². The number of carbonyl (C=O) groups excluding carboxylic acids is 2. The lowest BCUT2D eigenvalue weighted by atomic mass is 10.0. The molecule has 0 aliphatic rings. The minimum absolute atomic E-state index is 0.1000. The van der Waals surface area contributed by atoms with Crippen molar-refractivity contribution in [2.75, 3.05) is 14.2 Å². The average molecular weight is 309 g/mol. The second kappa shape index (κ2) is 7.68. The Morgan fingerprint density at radius 3 is 2.45 bits per heavy atom. The predicted molar refractivity (Wildman–Crippen MR) is 82.3 cm³/mol. The summed E-state index contributed by atoms with van der Waals surface area (Å²) in [5, 5.41) is 2.69. The molecule has 0 fully saturated rings. The number of methoxy groups -OCH3 is 2. The molecule has 1 amide bonds. The van der Waals surface area contributed by atoms with E-state index in [-0.39, 0.29) is 6.42 Å². The third-order valence-electron chi connectivity index (χ3n) is 2.83. The number of amides is 1. The van der Waals surface area contributed by atoms with Gasteiger partial charge in [0.2, 0.25) is 0 Å². The van der Waals surface area contributed by atoms with E-state index in [1.54, 1.807) is 39.0 Å². The summed E-state index contributed by atoms with van der Waals surface area (Å²) in [6.07, 6.45) is 0.244. The number of hydrogen-bond acceptors (Lipinski definition) is 5. The molecule has 1 N–H and O–H groups in total. The fraction of sp³-hybridized carbons (Fsp3) is 0.500. The topological polar surface area (TPSA) is 73.9 Å². The first-order chi connectivity index (χ1) is 10.3. The smallest absolute Gasteiger partial charge is 0.408 e. The van der Waals surface area contributed by atoms with Crippen LogP contribution in [-0.4, -0.2) is 32.2 Å². The Hall–Kier alpha value is -2.24. The number of rotatable bonds is 6. The third-order valence-corrected chi connectivity index (χ3v) is 2.83. The summed E-state index contributed by atoms with van der Waals surface area (Å²) in [5.74, 6) is 1.01. The van der Waals surface area contributed by atoms with Crippen molar-refractivity contribution < 1.29 is 23.8 Å². The van der Waals surface area contributed by atoms with Crippen LogP contribution in [0, 0.1) is 0 Å². The summed E-state index contributed by atoms with van der Waals surface area (Å²) in [5.41, 5.74) is 0.0358. The first-order valence-corrected chi connectivity index (χ1v) is 6.96. The molecule has 0 heterocycles. The second-order valence-corrected chi connectivity index (χ2v) is 5.68. The fourth-order valence-corrected chi connectivity index (χ4v) is 2.00. The maximum atomic E-state index is 12.0. The second-order valence-electron chi connectivity index (χ2n) is 5.68. The number of aldehydes is 1. The molecule has 0 saturated heterocycles. The third kappa shape index (κ3) is 4.95. The van der Waals surface area contributed by atoms with Crippen molar-refractivity contribution in [1.82, 2.24) is 5.32 Å². The van der Waals surface area contributed by atoms with Crippen molar-refractivity contribution >= 4 is 12.4 Å². The summed E-state index contributed by atoms with van der Waals surface area (Å²) in [6, 6.07) is 4.73. The van der Waals surface area contributed by atoms with Crippen molar-refractivity contribution in [3.63, 3.8) is 0 Å². The average Bonchev–Trinajstić information content (AvgIpc) is 2.43. The van der Waals surface area contributed by atoms with Gasteiger partial charge in [-0.2, -0.15) is 0 Å². The highest BCUT2D eigenvalue weighted by molar-refractivity contribution is 5.70. The molecule has 1 aromatic carbocycles. The van der Waals surface area contributed by atoms with E-state index in [1.807, 2.05) is 0 Å². The van der Waals surface area contributed by atoms with Crippen LogP contribution in [0.5, 0.6) is 11.5 Å². The maximum absolute atomic E-state index is 12.0. The summed E-state index contributed by atoms with van der Waals surface area (Å²) < 4.78 is 15.8. The molecule has 0 aromatic heterocycles. The first-order valence-electron chi connectivity index (χ1n) is 6.96. The molecule has 6 nitrogen and oxygen atoms in total. The van der Waals surface area contributed by atoms with Crippen LogP contribution >= 0.6 is 0 Å². The fourth-order valence-electron chi connectivity index (χ4n) is 2.00. The van der Waals surface area contributed by atoms with Crippen molar-refractivity contribution in [1.29, 1.82) is 0 Å². The number of benzene rings is 1. The minimum Gasteiger partial charge on any atom is -0.493 e. The molecule has 1 aromatic rings. The van der Waals surface area contributed by atoms with E-state index in [2.05, 4.69) is 5.32 Å². The van der Waals surface area contributed by atoms with Gasteiger partial charge in [0.05, 0.1) is 20.3 Å². The highest BCUT2D eigenvalue weighted by atomic mass is 16.6. The number of para-hydroxylation sites is 1. The lowest BCUT2D eigenvalue weighted by molar-refractivity contribution is -0.108. The normalized spacial score (nSPS) is 12.2. The molecule has 0 spiro atoms. The van der Waals surface area contributed by atoms with Crippen LogP contribution < -0.4 is 14.8 Å². The number of ether oxygens (including phenoxy) is 3. The SMILES string of the molecule is COc1cccc([C@@H](CC=O)NC(=O)OC(C)(C)C)c1OC. The van der Waals surface area contributed by atoms with Crippen LogP contribution in [-0.2, 0) is 9.53 Å². The molecular weight excluding hydrogens is 286 g/mol. The number of nitrogens with one attached hydrogen (secondary N) is 1. The zero-order chi connectivity index (χ0) is 16.8. The van der Waals surface area contributed by atoms with E-state index in [4.69, 9.17) is 14.2 Å². The Balaban J connectivity index is 3.05. The molecule has 1 rings (SSSR count). The number of carbonyl (C=O) groups is 2. The molecule has 0 saturated carbocycles. The number of hydrogen-bond donors (Lipinski definition) is 1. The monoisotopic (exact) mass is 309 g/mol. The Kier molecular flexibility index (Phi) is 6.22. The zero-order valence-corrected chi connectivity index (χ0v) is 13.6. The molecule has 0 aliphatic heterocycles. The Morgan fingerprint density at radius 1 is 1.27 bits per heavy atom. The molecular formula is C16H23NO5. The highest BCUT2D eigenvalue weighted by Crippen LogP contribution is 2.35. The van der Waals surface area contributed by atoms with E-state index >= 15 is 0 Å². The quantitative estimate of drug-likeness (QED) is 0.818. The molecule has 22 heavy (non-hydrogen) atoms. The van der Waals surface area contributed by atoms with Gasteiger partial charge in [0.15, 0.2) is 11.5 Å². The molecule has 0 unspecified atom stereocenters.